The molecule has 5 heteroatoms. The van der Waals surface area contributed by atoms with Crippen LogP contribution in [0.4, 0.5) is 5.69 Å². The van der Waals surface area contributed by atoms with Crippen molar-refractivity contribution in [2.24, 2.45) is 0 Å². The number of hydrogen-bond donors (Lipinski definition) is 1. The number of ether oxygens (including phenoxy) is 1. The van der Waals surface area contributed by atoms with E-state index >= 15 is 0 Å². The minimum Gasteiger partial charge on any atom is -0.491 e. The summed E-state index contributed by atoms with van der Waals surface area (Å²) in [7, 11) is 0. The molecule has 1 aliphatic heterocycles. The molecule has 0 radical (unpaired) electrons. The number of piperidine rings is 1. The maximum atomic E-state index is 12.0. The molecule has 0 aliphatic carbocycles. The molecular formula is C17H24N2O3. The molecular weight excluding hydrogens is 280 g/mol. The van der Waals surface area contributed by atoms with Gasteiger partial charge in [-0.25, -0.2) is 0 Å². The Hall–Kier alpha value is -2.04. The van der Waals surface area contributed by atoms with Crippen molar-refractivity contribution in [2.45, 2.75) is 45.6 Å². The molecule has 1 heterocycles. The minimum absolute atomic E-state index is 0.0861. The lowest BCUT2D eigenvalue weighted by molar-refractivity contribution is -0.135. The van der Waals surface area contributed by atoms with Crippen LogP contribution in [0.25, 0.3) is 0 Å². The summed E-state index contributed by atoms with van der Waals surface area (Å²) >= 11 is 0. The van der Waals surface area contributed by atoms with Crippen LogP contribution in [0, 0.1) is 0 Å². The number of amides is 2. The molecule has 0 spiro atoms. The Morgan fingerprint density at radius 2 is 1.77 bits per heavy atom. The van der Waals surface area contributed by atoms with Crippen molar-refractivity contribution < 1.29 is 14.3 Å². The minimum atomic E-state index is -0.270. The fraction of sp³-hybridized carbons (Fsp3) is 0.529. The van der Waals surface area contributed by atoms with Gasteiger partial charge in [-0.15, -0.1) is 0 Å². The van der Waals surface area contributed by atoms with Crippen molar-refractivity contribution in [3.05, 3.63) is 24.3 Å². The van der Waals surface area contributed by atoms with Gasteiger partial charge in [0.25, 0.3) is 0 Å². The molecule has 1 aromatic carbocycles. The lowest BCUT2D eigenvalue weighted by Crippen LogP contribution is -2.37. The summed E-state index contributed by atoms with van der Waals surface area (Å²) < 4.78 is 5.54. The van der Waals surface area contributed by atoms with E-state index in [0.29, 0.717) is 5.69 Å². The highest BCUT2D eigenvalue weighted by atomic mass is 16.5. The van der Waals surface area contributed by atoms with E-state index in [1.807, 2.05) is 26.0 Å². The zero-order chi connectivity index (χ0) is 15.9. The largest absolute Gasteiger partial charge is 0.491 e. The van der Waals surface area contributed by atoms with Crippen LogP contribution in [-0.2, 0) is 9.59 Å². The quantitative estimate of drug-likeness (QED) is 0.851. The van der Waals surface area contributed by atoms with Crippen LogP contribution in [0.1, 0.15) is 39.5 Å². The van der Waals surface area contributed by atoms with Crippen molar-refractivity contribution in [3.8, 4) is 5.75 Å². The van der Waals surface area contributed by atoms with Crippen LogP contribution in [0.2, 0.25) is 0 Å². The highest BCUT2D eigenvalue weighted by Crippen LogP contribution is 2.17. The normalized spacial score (nSPS) is 14.8. The number of nitrogens with zero attached hydrogens (tertiary/aromatic N) is 1. The van der Waals surface area contributed by atoms with Crippen molar-refractivity contribution in [3.63, 3.8) is 0 Å². The summed E-state index contributed by atoms with van der Waals surface area (Å²) in [5.74, 6) is 0.405. The van der Waals surface area contributed by atoms with E-state index in [-0.39, 0.29) is 24.3 Å². The molecule has 1 fully saturated rings. The van der Waals surface area contributed by atoms with Gasteiger partial charge in [0.1, 0.15) is 12.2 Å². The average molecular weight is 304 g/mol. The van der Waals surface area contributed by atoms with Gasteiger partial charge < -0.3 is 15.0 Å². The number of hydrogen-bond acceptors (Lipinski definition) is 3. The highest BCUT2D eigenvalue weighted by Gasteiger charge is 2.19. The molecule has 0 unspecified atom stereocenters. The molecule has 1 aromatic rings. The number of benzene rings is 1. The number of anilines is 1. The summed E-state index contributed by atoms with van der Waals surface area (Å²) in [5, 5.41) is 2.75. The number of likely N-dealkylation sites (tertiary alicyclic amines) is 1. The van der Waals surface area contributed by atoms with E-state index in [4.69, 9.17) is 4.74 Å². The van der Waals surface area contributed by atoms with Gasteiger partial charge in [-0.2, -0.15) is 0 Å². The van der Waals surface area contributed by atoms with E-state index in [1.165, 1.54) is 6.42 Å². The fourth-order valence-corrected chi connectivity index (χ4v) is 2.49. The van der Waals surface area contributed by atoms with Gasteiger partial charge in [0, 0.05) is 18.8 Å². The zero-order valence-corrected chi connectivity index (χ0v) is 13.3. The number of rotatable bonds is 5. The average Bonchev–Trinajstić information content (AvgIpc) is 2.49. The molecule has 0 atom stereocenters. The topological polar surface area (TPSA) is 58.6 Å². The van der Waals surface area contributed by atoms with Crippen LogP contribution >= 0.6 is 0 Å². The lowest BCUT2D eigenvalue weighted by Gasteiger charge is -2.26. The first kappa shape index (κ1) is 16.3. The van der Waals surface area contributed by atoms with Crippen LogP contribution < -0.4 is 10.1 Å². The van der Waals surface area contributed by atoms with Crippen LogP contribution in [0.5, 0.6) is 5.75 Å². The first-order valence-corrected chi connectivity index (χ1v) is 7.89. The van der Waals surface area contributed by atoms with Gasteiger partial charge in [0.05, 0.1) is 6.10 Å². The van der Waals surface area contributed by atoms with Crippen molar-refractivity contribution in [1.82, 2.24) is 4.90 Å². The molecule has 0 bridgehead atoms. The first-order chi connectivity index (χ1) is 10.5. The Morgan fingerprint density at radius 1 is 1.14 bits per heavy atom. The number of nitrogens with one attached hydrogen (secondary N) is 1. The maximum absolute atomic E-state index is 12.0. The Labute approximate surface area is 131 Å². The van der Waals surface area contributed by atoms with E-state index in [2.05, 4.69) is 5.32 Å². The smallest absolute Gasteiger partial charge is 0.233 e. The van der Waals surface area contributed by atoms with Crippen molar-refractivity contribution in [1.29, 1.82) is 0 Å². The molecule has 120 valence electrons. The van der Waals surface area contributed by atoms with Crippen molar-refractivity contribution in [2.75, 3.05) is 18.4 Å². The second kappa shape index (κ2) is 7.82. The molecule has 0 aromatic heterocycles. The van der Waals surface area contributed by atoms with Gasteiger partial charge in [-0.3, -0.25) is 9.59 Å². The second-order valence-corrected chi connectivity index (χ2v) is 5.86. The summed E-state index contributed by atoms with van der Waals surface area (Å²) in [4.78, 5) is 25.7. The van der Waals surface area contributed by atoms with Gasteiger partial charge >= 0.3 is 0 Å². The Balaban J connectivity index is 1.82. The van der Waals surface area contributed by atoms with Gasteiger partial charge in [-0.05, 0) is 57.4 Å². The SMILES string of the molecule is CC(C)Oc1ccc(NC(=O)CC(=O)N2CCCCC2)cc1. The fourth-order valence-electron chi connectivity index (χ4n) is 2.49. The summed E-state index contributed by atoms with van der Waals surface area (Å²) in [6.45, 7) is 5.46. The second-order valence-electron chi connectivity index (χ2n) is 5.86. The Morgan fingerprint density at radius 3 is 2.36 bits per heavy atom. The molecule has 2 rings (SSSR count). The van der Waals surface area contributed by atoms with E-state index in [0.717, 1.165) is 31.7 Å². The highest BCUT2D eigenvalue weighted by molar-refractivity contribution is 6.03. The maximum Gasteiger partial charge on any atom is 0.233 e. The third-order valence-corrected chi connectivity index (χ3v) is 3.53. The van der Waals surface area contributed by atoms with E-state index in [1.54, 1.807) is 17.0 Å². The van der Waals surface area contributed by atoms with Gasteiger partial charge in [-0.1, -0.05) is 0 Å². The molecule has 1 saturated heterocycles. The predicted molar refractivity (Wildman–Crippen MR) is 85.9 cm³/mol. The van der Waals surface area contributed by atoms with Crippen LogP contribution in [0.3, 0.4) is 0 Å². The van der Waals surface area contributed by atoms with Gasteiger partial charge in [0.2, 0.25) is 11.8 Å². The molecule has 5 nitrogen and oxygen atoms in total. The van der Waals surface area contributed by atoms with Crippen LogP contribution in [0.15, 0.2) is 24.3 Å². The summed E-state index contributed by atoms with van der Waals surface area (Å²) in [5.41, 5.74) is 0.674. The third-order valence-electron chi connectivity index (χ3n) is 3.53. The third kappa shape index (κ3) is 5.06. The van der Waals surface area contributed by atoms with E-state index < -0.39 is 0 Å². The monoisotopic (exact) mass is 304 g/mol. The van der Waals surface area contributed by atoms with Crippen molar-refractivity contribution >= 4 is 17.5 Å². The molecule has 1 N–H and O–H groups in total. The summed E-state index contributed by atoms with van der Waals surface area (Å²) in [6, 6.07) is 7.17. The van der Waals surface area contributed by atoms with E-state index in [9.17, 15) is 9.59 Å². The van der Waals surface area contributed by atoms with Crippen LogP contribution in [-0.4, -0.2) is 35.9 Å². The predicted octanol–water partition coefficient (Wildman–Crippen LogP) is 2.81. The first-order valence-electron chi connectivity index (χ1n) is 7.89. The Bertz CT molecular complexity index is 505. The standard InChI is InChI=1S/C17H24N2O3/c1-13(2)22-15-8-6-14(7-9-15)18-16(20)12-17(21)19-10-4-3-5-11-19/h6-9,13H,3-5,10-12H2,1-2H3,(H,18,20). The molecule has 0 saturated carbocycles. The Kier molecular flexibility index (Phi) is 5.81. The number of carbonyl (C=O) groups is 2. The molecule has 1 aliphatic rings. The molecule has 2 amide bonds. The summed E-state index contributed by atoms with van der Waals surface area (Å²) in [6.07, 6.45) is 3.25. The number of carbonyl (C=O) groups excluding carboxylic acids is 2. The lowest BCUT2D eigenvalue weighted by atomic mass is 10.1. The zero-order valence-electron chi connectivity index (χ0n) is 13.3. The van der Waals surface area contributed by atoms with Gasteiger partial charge in [0.15, 0.2) is 0 Å². The molecule has 22 heavy (non-hydrogen) atoms.